The number of carbonyl (C=O) groups is 2. The molecule has 2 aromatic rings. The minimum Gasteiger partial charge on any atom is -0.466 e. The second-order valence-electron chi connectivity index (χ2n) is 5.37. The molecule has 1 atom stereocenters. The maximum Gasteiger partial charge on any atom is 0.309 e. The van der Waals surface area contributed by atoms with Crippen molar-refractivity contribution in [3.63, 3.8) is 0 Å². The summed E-state index contributed by atoms with van der Waals surface area (Å²) in [5.41, 5.74) is 3.18. The van der Waals surface area contributed by atoms with Crippen LogP contribution >= 0.6 is 0 Å². The molecule has 1 aliphatic carbocycles. The molecule has 1 aromatic carbocycles. The van der Waals surface area contributed by atoms with Crippen LogP contribution in [0.2, 0.25) is 0 Å². The predicted octanol–water partition coefficient (Wildman–Crippen LogP) is 2.35. The molecule has 0 radical (unpaired) electrons. The Kier molecular flexibility index (Phi) is 4.04. The maximum atomic E-state index is 11.9. The molecule has 0 fully saturated rings. The van der Waals surface area contributed by atoms with Gasteiger partial charge in [-0.1, -0.05) is 18.2 Å². The minimum atomic E-state index is -0.183. The van der Waals surface area contributed by atoms with Gasteiger partial charge in [0.2, 0.25) is 0 Å². The molecule has 0 saturated carbocycles. The Balaban J connectivity index is 1.96. The zero-order valence-electron chi connectivity index (χ0n) is 12.5. The number of rotatable bonds is 4. The van der Waals surface area contributed by atoms with E-state index in [0.29, 0.717) is 25.1 Å². The number of hydrogen-bond donors (Lipinski definition) is 0. The summed E-state index contributed by atoms with van der Waals surface area (Å²) in [6.45, 7) is 2.18. The van der Waals surface area contributed by atoms with E-state index >= 15 is 0 Å². The standard InChI is InChI=1S/C17H18N2O3/c1-2-22-17(21)12-8-9-15-14(10-12)16(11-20)19(18-15)13-6-4-3-5-7-13/h3-7,11-12H,2,8-10H2,1H3. The minimum absolute atomic E-state index is 0.181. The van der Waals surface area contributed by atoms with Crippen LogP contribution in [0.5, 0.6) is 0 Å². The van der Waals surface area contributed by atoms with Gasteiger partial charge in [0.1, 0.15) is 5.69 Å². The van der Waals surface area contributed by atoms with Crippen LogP contribution < -0.4 is 0 Å². The molecule has 0 spiro atoms. The number of aldehydes is 1. The molecule has 0 N–H and O–H groups in total. The summed E-state index contributed by atoms with van der Waals surface area (Å²) in [7, 11) is 0. The smallest absolute Gasteiger partial charge is 0.309 e. The summed E-state index contributed by atoms with van der Waals surface area (Å²) in [5, 5.41) is 4.56. The first kappa shape index (κ1) is 14.5. The number of carbonyl (C=O) groups excluding carboxylic acids is 2. The largest absolute Gasteiger partial charge is 0.466 e. The fourth-order valence-electron chi connectivity index (χ4n) is 2.94. The second kappa shape index (κ2) is 6.13. The lowest BCUT2D eigenvalue weighted by molar-refractivity contribution is -0.148. The Labute approximate surface area is 128 Å². The van der Waals surface area contributed by atoms with E-state index in [-0.39, 0.29) is 11.9 Å². The lowest BCUT2D eigenvalue weighted by Crippen LogP contribution is -2.24. The van der Waals surface area contributed by atoms with E-state index < -0.39 is 0 Å². The van der Waals surface area contributed by atoms with Gasteiger partial charge in [0.25, 0.3) is 0 Å². The molecule has 0 amide bonds. The number of ether oxygens (including phenoxy) is 1. The van der Waals surface area contributed by atoms with Gasteiger partial charge in [0.05, 0.1) is 23.9 Å². The summed E-state index contributed by atoms with van der Waals surface area (Å²) >= 11 is 0. The van der Waals surface area contributed by atoms with Crippen molar-refractivity contribution in [1.82, 2.24) is 9.78 Å². The van der Waals surface area contributed by atoms with Gasteiger partial charge in [-0.25, -0.2) is 4.68 Å². The number of aromatic nitrogens is 2. The number of para-hydroxylation sites is 1. The first-order chi connectivity index (χ1) is 10.7. The van der Waals surface area contributed by atoms with Crippen molar-refractivity contribution in [3.8, 4) is 5.69 Å². The van der Waals surface area contributed by atoms with Gasteiger partial charge in [-0.05, 0) is 38.3 Å². The van der Waals surface area contributed by atoms with Crippen molar-refractivity contribution in [2.45, 2.75) is 26.2 Å². The molecule has 22 heavy (non-hydrogen) atoms. The normalized spacial score (nSPS) is 16.9. The van der Waals surface area contributed by atoms with Crippen LogP contribution in [-0.4, -0.2) is 28.6 Å². The average molecular weight is 298 g/mol. The Morgan fingerprint density at radius 1 is 1.41 bits per heavy atom. The topological polar surface area (TPSA) is 61.2 Å². The van der Waals surface area contributed by atoms with Gasteiger partial charge in [-0.15, -0.1) is 0 Å². The van der Waals surface area contributed by atoms with Crippen LogP contribution in [0.15, 0.2) is 30.3 Å². The summed E-state index contributed by atoms with van der Waals surface area (Å²) in [6, 6.07) is 9.56. The first-order valence-electron chi connectivity index (χ1n) is 7.52. The molecule has 0 saturated heterocycles. The fraction of sp³-hybridized carbons (Fsp3) is 0.353. The van der Waals surface area contributed by atoms with Crippen molar-refractivity contribution < 1.29 is 14.3 Å². The molecule has 1 aliphatic rings. The van der Waals surface area contributed by atoms with Crippen molar-refractivity contribution in [3.05, 3.63) is 47.3 Å². The molecule has 3 rings (SSSR count). The molecule has 5 nitrogen and oxygen atoms in total. The average Bonchev–Trinajstić information content (AvgIpc) is 2.93. The first-order valence-corrected chi connectivity index (χ1v) is 7.52. The fourth-order valence-corrected chi connectivity index (χ4v) is 2.94. The molecular formula is C17H18N2O3. The van der Waals surface area contributed by atoms with E-state index in [1.807, 2.05) is 30.3 Å². The number of hydrogen-bond acceptors (Lipinski definition) is 4. The van der Waals surface area contributed by atoms with E-state index in [2.05, 4.69) is 5.10 Å². The Morgan fingerprint density at radius 2 is 2.18 bits per heavy atom. The molecule has 5 heteroatoms. The van der Waals surface area contributed by atoms with Crippen molar-refractivity contribution >= 4 is 12.3 Å². The number of nitrogens with zero attached hydrogens (tertiary/aromatic N) is 2. The van der Waals surface area contributed by atoms with Crippen LogP contribution in [0.3, 0.4) is 0 Å². The molecular weight excluding hydrogens is 280 g/mol. The highest BCUT2D eigenvalue weighted by Crippen LogP contribution is 2.29. The zero-order chi connectivity index (χ0) is 15.5. The van der Waals surface area contributed by atoms with Crippen LogP contribution in [0.4, 0.5) is 0 Å². The quantitative estimate of drug-likeness (QED) is 0.642. The van der Waals surface area contributed by atoms with E-state index in [9.17, 15) is 9.59 Å². The third kappa shape index (κ3) is 2.54. The van der Waals surface area contributed by atoms with Crippen LogP contribution in [0, 0.1) is 5.92 Å². The Morgan fingerprint density at radius 3 is 2.86 bits per heavy atom. The Bertz CT molecular complexity index is 691. The summed E-state index contributed by atoms with van der Waals surface area (Å²) in [4.78, 5) is 23.5. The number of aryl methyl sites for hydroxylation is 1. The molecule has 0 aliphatic heterocycles. The molecule has 1 heterocycles. The number of benzene rings is 1. The third-order valence-electron chi connectivity index (χ3n) is 4.02. The predicted molar refractivity (Wildman–Crippen MR) is 81.1 cm³/mol. The SMILES string of the molecule is CCOC(=O)C1CCc2nn(-c3ccccc3)c(C=O)c2C1. The monoisotopic (exact) mass is 298 g/mol. The van der Waals surface area contributed by atoms with Gasteiger partial charge in [-0.2, -0.15) is 5.10 Å². The maximum absolute atomic E-state index is 11.9. The van der Waals surface area contributed by atoms with Crippen LogP contribution in [-0.2, 0) is 22.4 Å². The molecule has 114 valence electrons. The molecule has 1 aromatic heterocycles. The highest BCUT2D eigenvalue weighted by molar-refractivity contribution is 5.79. The van der Waals surface area contributed by atoms with Crippen LogP contribution in [0.1, 0.15) is 35.1 Å². The lowest BCUT2D eigenvalue weighted by atomic mass is 9.86. The van der Waals surface area contributed by atoms with Gasteiger partial charge >= 0.3 is 5.97 Å². The molecule has 0 bridgehead atoms. The van der Waals surface area contributed by atoms with Crippen LogP contribution in [0.25, 0.3) is 5.69 Å². The van der Waals surface area contributed by atoms with Crippen molar-refractivity contribution in [1.29, 1.82) is 0 Å². The summed E-state index contributed by atoms with van der Waals surface area (Å²) in [6.07, 6.45) is 2.76. The zero-order valence-corrected chi connectivity index (χ0v) is 12.5. The van der Waals surface area contributed by atoms with E-state index in [1.165, 1.54) is 0 Å². The van der Waals surface area contributed by atoms with Gasteiger partial charge in [0, 0.05) is 5.56 Å². The number of esters is 1. The van der Waals surface area contributed by atoms with E-state index in [1.54, 1.807) is 11.6 Å². The van der Waals surface area contributed by atoms with E-state index in [4.69, 9.17) is 4.74 Å². The lowest BCUT2D eigenvalue weighted by Gasteiger charge is -2.19. The summed E-state index contributed by atoms with van der Waals surface area (Å²) < 4.78 is 6.78. The van der Waals surface area contributed by atoms with E-state index in [0.717, 1.165) is 29.7 Å². The summed E-state index contributed by atoms with van der Waals surface area (Å²) in [5.74, 6) is -0.364. The van der Waals surface area contributed by atoms with Gasteiger partial charge < -0.3 is 4.74 Å². The van der Waals surface area contributed by atoms with Crippen molar-refractivity contribution in [2.24, 2.45) is 5.92 Å². The van der Waals surface area contributed by atoms with Gasteiger partial charge in [0.15, 0.2) is 6.29 Å². The highest BCUT2D eigenvalue weighted by Gasteiger charge is 2.30. The van der Waals surface area contributed by atoms with Gasteiger partial charge in [-0.3, -0.25) is 9.59 Å². The Hall–Kier alpha value is -2.43. The number of fused-ring (bicyclic) bond motifs is 1. The third-order valence-corrected chi connectivity index (χ3v) is 4.02. The van der Waals surface area contributed by atoms with Crippen molar-refractivity contribution in [2.75, 3.05) is 6.61 Å². The molecule has 1 unspecified atom stereocenters. The highest BCUT2D eigenvalue weighted by atomic mass is 16.5. The second-order valence-corrected chi connectivity index (χ2v) is 5.37.